The summed E-state index contributed by atoms with van der Waals surface area (Å²) in [5, 5.41) is 4.26. The van der Waals surface area contributed by atoms with Crippen LogP contribution in [-0.4, -0.2) is 70.9 Å². The molecule has 10 nitrogen and oxygen atoms in total. The summed E-state index contributed by atoms with van der Waals surface area (Å²) in [6, 6.07) is 0. The van der Waals surface area contributed by atoms with Gasteiger partial charge >= 0.3 is 7.75 Å². The number of carbonyl (C=O) groups is 3. The fourth-order valence-electron chi connectivity index (χ4n) is 2.66. The smallest absolute Gasteiger partial charge is 0.354 e. The van der Waals surface area contributed by atoms with Gasteiger partial charge in [0, 0.05) is 24.8 Å². The van der Waals surface area contributed by atoms with E-state index in [4.69, 9.17) is 30.5 Å². The molecule has 1 aliphatic rings. The lowest BCUT2D eigenvalue weighted by atomic mass is 10.00. The van der Waals surface area contributed by atoms with Gasteiger partial charge in [-0.2, -0.15) is 0 Å². The highest BCUT2D eigenvalue weighted by Crippen LogP contribution is 2.41. The van der Waals surface area contributed by atoms with Gasteiger partial charge in [-0.05, 0) is 26.5 Å². The Morgan fingerprint density at radius 2 is 2.00 bits per heavy atom. The van der Waals surface area contributed by atoms with Crippen molar-refractivity contribution in [2.75, 3.05) is 26.0 Å². The van der Waals surface area contributed by atoms with Gasteiger partial charge < -0.3 is 19.8 Å². The van der Waals surface area contributed by atoms with Crippen LogP contribution in [0.4, 0.5) is 0 Å². The maximum atomic E-state index is 12.1. The number of alkyl halides is 1. The number of thioether (sulfide) groups is 1. The summed E-state index contributed by atoms with van der Waals surface area (Å²) >= 11 is 7.67. The van der Waals surface area contributed by atoms with E-state index in [9.17, 15) is 14.3 Å². The van der Waals surface area contributed by atoms with Gasteiger partial charge in [0.05, 0.1) is 17.6 Å². The number of hydrogen-bond acceptors (Lipinski definition) is 8. The van der Waals surface area contributed by atoms with Crippen molar-refractivity contribution >= 4 is 49.0 Å². The van der Waals surface area contributed by atoms with Crippen molar-refractivity contribution < 1.29 is 33.1 Å². The molecule has 32 heavy (non-hydrogen) atoms. The highest BCUT2D eigenvalue weighted by molar-refractivity contribution is 8.13. The summed E-state index contributed by atoms with van der Waals surface area (Å²) in [6.45, 7) is 9.43. The molecule has 0 spiro atoms. The Hall–Kier alpha value is -0.940. The number of imide groups is 1. The highest BCUT2D eigenvalue weighted by Gasteiger charge is 2.46. The lowest BCUT2D eigenvalue weighted by molar-refractivity contribution is -0.118. The summed E-state index contributed by atoms with van der Waals surface area (Å²) in [6.07, 6.45) is 4.13. The van der Waals surface area contributed by atoms with E-state index in [-0.39, 0.29) is 30.6 Å². The predicted octanol–water partition coefficient (Wildman–Crippen LogP) is 2.47. The quantitative estimate of drug-likeness (QED) is 0.163. The minimum absolute atomic E-state index is 0.0371. The minimum atomic E-state index is -3.97. The Morgan fingerprint density at radius 3 is 2.47 bits per heavy atom. The normalized spacial score (nSPS) is 24.9. The summed E-state index contributed by atoms with van der Waals surface area (Å²) in [7, 11) is -2.10. The molecule has 0 saturated carbocycles. The number of ether oxygens (including phenoxy) is 1. The van der Waals surface area contributed by atoms with Crippen LogP contribution < -0.4 is 10.4 Å². The largest absolute Gasteiger partial charge is 0.403 e. The van der Waals surface area contributed by atoms with Crippen molar-refractivity contribution in [3.8, 4) is 0 Å². The van der Waals surface area contributed by atoms with Gasteiger partial charge in [0.2, 0.25) is 12.8 Å². The maximum Gasteiger partial charge on any atom is 0.403 e. The molecule has 4 atom stereocenters. The van der Waals surface area contributed by atoms with Crippen LogP contribution in [0.1, 0.15) is 41.0 Å². The van der Waals surface area contributed by atoms with Crippen LogP contribution in [0.2, 0.25) is 0 Å². The zero-order chi connectivity index (χ0) is 25.0. The number of hydrogen-bond donors (Lipinski definition) is 3. The van der Waals surface area contributed by atoms with E-state index in [1.807, 2.05) is 58.8 Å². The Labute approximate surface area is 199 Å². The first-order chi connectivity index (χ1) is 14.7. The lowest BCUT2D eigenvalue weighted by Gasteiger charge is -2.30. The first kappa shape index (κ1) is 31.1. The van der Waals surface area contributed by atoms with Gasteiger partial charge in [-0.1, -0.05) is 38.6 Å². The third-order valence-electron chi connectivity index (χ3n) is 4.05. The molecule has 3 N–H and O–H groups in total. The van der Waals surface area contributed by atoms with Crippen LogP contribution in [0.25, 0.3) is 0 Å². The second-order valence-electron chi connectivity index (χ2n) is 8.25. The van der Waals surface area contributed by atoms with Crippen LogP contribution in [-0.2, 0) is 28.2 Å². The molecule has 0 aromatic carbocycles. The van der Waals surface area contributed by atoms with Crippen molar-refractivity contribution in [2.45, 2.75) is 58.2 Å². The van der Waals surface area contributed by atoms with Gasteiger partial charge in [0.25, 0.3) is 0 Å². The molecule has 1 heterocycles. The molecule has 13 heteroatoms. The summed E-state index contributed by atoms with van der Waals surface area (Å²) in [4.78, 5) is 41.1. The van der Waals surface area contributed by atoms with E-state index < -0.39 is 18.0 Å². The zero-order valence-corrected chi connectivity index (χ0v) is 21.8. The van der Waals surface area contributed by atoms with Crippen LogP contribution in [0.5, 0.6) is 0 Å². The Kier molecular flexibility index (Phi) is 13.9. The molecule has 2 amide bonds. The molecule has 0 bridgehead atoms. The molecule has 4 unspecified atom stereocenters. The Bertz CT molecular complexity index is 682. The number of nitrogens with zero attached hydrogens (tertiary/aromatic N) is 1. The molecule has 0 aliphatic carbocycles. The number of carbonyl (C=O) groups excluding carboxylic acids is 3. The topological polar surface area (TPSA) is 134 Å². The summed E-state index contributed by atoms with van der Waals surface area (Å²) in [5.41, 5.74) is -0.436. The fourth-order valence-corrected chi connectivity index (χ4v) is 4.86. The molecule has 0 aromatic heterocycles. The van der Waals surface area contributed by atoms with Crippen molar-refractivity contribution in [2.24, 2.45) is 5.41 Å². The van der Waals surface area contributed by atoms with Crippen LogP contribution >= 0.6 is 31.1 Å². The summed E-state index contributed by atoms with van der Waals surface area (Å²) < 4.78 is 23.2. The van der Waals surface area contributed by atoms with Crippen LogP contribution in [0, 0.1) is 5.41 Å². The standard InChI is InChI=1S/C17H32ClN2O5PS.C2H3NO2/c1-7-9-20(6)14-17(5,18)11-13(25-14)12-24-26(22,23)19-8-10-27-15(21)16(2,3)4;4-1-3-2-5/h7,9,13-14H,8,10-12H2,1-6H3,(H2,19,22,23);1-2H,(H,3,4,5)/b9-7-;. The van der Waals surface area contributed by atoms with Gasteiger partial charge in [0.1, 0.15) is 6.23 Å². The highest BCUT2D eigenvalue weighted by atomic mass is 35.5. The van der Waals surface area contributed by atoms with Crippen molar-refractivity contribution in [3.05, 3.63) is 12.3 Å². The van der Waals surface area contributed by atoms with Gasteiger partial charge in [0.15, 0.2) is 5.12 Å². The van der Waals surface area contributed by atoms with Gasteiger partial charge in [-0.15, -0.1) is 11.6 Å². The molecule has 0 aromatic rings. The van der Waals surface area contributed by atoms with E-state index in [0.29, 0.717) is 25.0 Å². The Morgan fingerprint density at radius 1 is 1.41 bits per heavy atom. The first-order valence-corrected chi connectivity index (χ1v) is 12.9. The summed E-state index contributed by atoms with van der Waals surface area (Å²) in [5.74, 6) is 0.389. The molecule has 1 fully saturated rings. The van der Waals surface area contributed by atoms with Crippen molar-refractivity contribution in [3.63, 3.8) is 0 Å². The van der Waals surface area contributed by atoms with Gasteiger partial charge in [-0.3, -0.25) is 18.9 Å². The number of rotatable bonds is 11. The number of halogens is 1. The molecule has 1 rings (SSSR count). The molecular weight excluding hydrogens is 481 g/mol. The average Bonchev–Trinajstić information content (AvgIpc) is 2.99. The average molecular weight is 516 g/mol. The molecule has 186 valence electrons. The molecule has 1 aliphatic heterocycles. The number of nitrogens with one attached hydrogen (secondary N) is 2. The van der Waals surface area contributed by atoms with Crippen LogP contribution in [0.15, 0.2) is 12.3 Å². The molecule has 1 saturated heterocycles. The lowest BCUT2D eigenvalue weighted by Crippen LogP contribution is -2.40. The SMILES string of the molecule is C/C=C\N(C)C1OC(COP(=O)(O)NCCSC(=O)C(C)(C)C)CC1(C)Cl.O=CNC=O. The second kappa shape index (κ2) is 14.3. The van der Waals surface area contributed by atoms with Crippen LogP contribution in [0.3, 0.4) is 0 Å². The zero-order valence-electron chi connectivity index (χ0n) is 19.4. The fraction of sp³-hybridized carbons (Fsp3) is 0.737. The maximum absolute atomic E-state index is 12.1. The number of amides is 2. The third-order valence-corrected chi connectivity index (χ3v) is 6.79. The second-order valence-corrected chi connectivity index (χ2v) is 11.8. The monoisotopic (exact) mass is 515 g/mol. The van der Waals surface area contributed by atoms with E-state index in [1.54, 1.807) is 5.32 Å². The first-order valence-electron chi connectivity index (χ1n) is 9.92. The van der Waals surface area contributed by atoms with E-state index in [1.165, 1.54) is 0 Å². The molecule has 0 radical (unpaired) electrons. The number of allylic oxidation sites excluding steroid dienone is 1. The minimum Gasteiger partial charge on any atom is -0.354 e. The van der Waals surface area contributed by atoms with E-state index in [0.717, 1.165) is 11.8 Å². The van der Waals surface area contributed by atoms with Crippen molar-refractivity contribution in [1.82, 2.24) is 15.3 Å². The van der Waals surface area contributed by atoms with E-state index >= 15 is 0 Å². The van der Waals surface area contributed by atoms with E-state index in [2.05, 4.69) is 5.09 Å². The predicted molar refractivity (Wildman–Crippen MR) is 126 cm³/mol. The Balaban J connectivity index is 0.00000172. The molecular formula is C19H35ClN3O7PS. The van der Waals surface area contributed by atoms with Gasteiger partial charge in [-0.25, -0.2) is 9.65 Å². The van der Waals surface area contributed by atoms with Crippen molar-refractivity contribution in [1.29, 1.82) is 0 Å². The third kappa shape index (κ3) is 12.3.